The van der Waals surface area contributed by atoms with Crippen molar-refractivity contribution in [3.05, 3.63) is 95.8 Å². The monoisotopic (exact) mass is 491 g/mol. The first-order valence-electron chi connectivity index (χ1n) is 12.0. The average Bonchev–Trinajstić information content (AvgIpc) is 2.88. The molecule has 1 N–H and O–H groups in total. The van der Waals surface area contributed by atoms with Crippen LogP contribution in [0.5, 0.6) is 0 Å². The Morgan fingerprint density at radius 2 is 1.57 bits per heavy atom. The minimum Gasteiger partial charge on any atom is -0.343 e. The van der Waals surface area contributed by atoms with Gasteiger partial charge < -0.3 is 5.32 Å². The van der Waals surface area contributed by atoms with Gasteiger partial charge in [-0.15, -0.1) is 0 Å². The molecule has 6 nitrogen and oxygen atoms in total. The Labute approximate surface area is 208 Å². The predicted octanol–water partition coefficient (Wildman–Crippen LogP) is 4.69. The fraction of sp³-hybridized carbons (Fsp3) is 0.357. The quantitative estimate of drug-likeness (QED) is 0.543. The van der Waals surface area contributed by atoms with Gasteiger partial charge in [0.2, 0.25) is 15.9 Å². The molecule has 1 amide bonds. The summed E-state index contributed by atoms with van der Waals surface area (Å²) >= 11 is 0. The first-order chi connectivity index (χ1) is 16.7. The molecule has 1 aliphatic rings. The van der Waals surface area contributed by atoms with Crippen LogP contribution in [0.1, 0.15) is 56.5 Å². The number of nitrogens with zero attached hydrogens (tertiary/aromatic N) is 2. The first-order valence-corrected chi connectivity index (χ1v) is 13.5. The smallest absolute Gasteiger partial charge is 0.243 e. The van der Waals surface area contributed by atoms with E-state index in [1.807, 2.05) is 60.7 Å². The van der Waals surface area contributed by atoms with Gasteiger partial charge in [-0.1, -0.05) is 69.3 Å². The standard InChI is InChI=1S/C28H33N3O3S/c1-28(2,3)23-12-14-24(15-13-23)35(33,34)31-19-16-22(17-20-31)27(32)30-26(21-9-5-4-6-10-21)25-11-7-8-18-29-25/h4-15,18,22,26H,16-17,19-20H2,1-3H3,(H,30,32). The summed E-state index contributed by atoms with van der Waals surface area (Å²) in [5.41, 5.74) is 2.78. The van der Waals surface area contributed by atoms with Crippen molar-refractivity contribution in [1.82, 2.24) is 14.6 Å². The van der Waals surface area contributed by atoms with E-state index >= 15 is 0 Å². The summed E-state index contributed by atoms with van der Waals surface area (Å²) in [5, 5.41) is 3.16. The molecule has 0 radical (unpaired) electrons. The van der Waals surface area contributed by atoms with Crippen molar-refractivity contribution in [1.29, 1.82) is 0 Å². The molecule has 0 bridgehead atoms. The highest BCUT2D eigenvalue weighted by Crippen LogP contribution is 2.28. The molecular weight excluding hydrogens is 458 g/mol. The summed E-state index contributed by atoms with van der Waals surface area (Å²) in [5.74, 6) is -0.323. The lowest BCUT2D eigenvalue weighted by Gasteiger charge is -2.31. The summed E-state index contributed by atoms with van der Waals surface area (Å²) in [6.07, 6.45) is 2.68. The van der Waals surface area contributed by atoms with E-state index in [4.69, 9.17) is 0 Å². The zero-order chi connectivity index (χ0) is 25.1. The molecule has 1 unspecified atom stereocenters. The van der Waals surface area contributed by atoms with Gasteiger partial charge in [-0.25, -0.2) is 8.42 Å². The zero-order valence-electron chi connectivity index (χ0n) is 20.5. The third kappa shape index (κ3) is 5.80. The molecule has 0 spiro atoms. The van der Waals surface area contributed by atoms with Gasteiger partial charge in [0, 0.05) is 25.2 Å². The predicted molar refractivity (Wildman–Crippen MR) is 137 cm³/mol. The maximum Gasteiger partial charge on any atom is 0.243 e. The van der Waals surface area contributed by atoms with E-state index in [0.717, 1.165) is 16.8 Å². The molecule has 1 aromatic heterocycles. The van der Waals surface area contributed by atoms with E-state index in [1.165, 1.54) is 4.31 Å². The Balaban J connectivity index is 1.42. The fourth-order valence-electron chi connectivity index (χ4n) is 4.41. The third-order valence-corrected chi connectivity index (χ3v) is 8.50. The molecule has 1 aliphatic heterocycles. The maximum absolute atomic E-state index is 13.2. The molecule has 2 aromatic carbocycles. The molecule has 4 rings (SSSR count). The number of nitrogens with one attached hydrogen (secondary N) is 1. The summed E-state index contributed by atoms with van der Waals surface area (Å²) in [6, 6.07) is 22.2. The largest absolute Gasteiger partial charge is 0.343 e. The number of hydrogen-bond donors (Lipinski definition) is 1. The van der Waals surface area contributed by atoms with E-state index in [-0.39, 0.29) is 23.3 Å². The second-order valence-corrected chi connectivity index (χ2v) is 12.0. The third-order valence-electron chi connectivity index (χ3n) is 6.59. The highest BCUT2D eigenvalue weighted by Gasteiger charge is 2.33. The maximum atomic E-state index is 13.2. The van der Waals surface area contributed by atoms with E-state index in [9.17, 15) is 13.2 Å². The number of rotatable bonds is 6. The van der Waals surface area contributed by atoms with Crippen molar-refractivity contribution >= 4 is 15.9 Å². The van der Waals surface area contributed by atoms with Crippen LogP contribution in [0.15, 0.2) is 83.9 Å². The molecule has 2 heterocycles. The second kappa shape index (κ2) is 10.3. The number of carbonyl (C=O) groups excluding carboxylic acids is 1. The molecule has 35 heavy (non-hydrogen) atoms. The molecule has 1 saturated heterocycles. The van der Waals surface area contributed by atoms with Crippen molar-refractivity contribution in [3.8, 4) is 0 Å². The summed E-state index contributed by atoms with van der Waals surface area (Å²) in [7, 11) is -3.59. The van der Waals surface area contributed by atoms with E-state index < -0.39 is 10.0 Å². The van der Waals surface area contributed by atoms with Crippen molar-refractivity contribution < 1.29 is 13.2 Å². The average molecular weight is 492 g/mol. The lowest BCUT2D eigenvalue weighted by atomic mass is 9.87. The Hall–Kier alpha value is -3.03. The zero-order valence-corrected chi connectivity index (χ0v) is 21.3. The number of benzene rings is 2. The van der Waals surface area contributed by atoms with Gasteiger partial charge in [-0.3, -0.25) is 9.78 Å². The normalized spacial score (nSPS) is 16.5. The number of amides is 1. The van der Waals surface area contributed by atoms with Crippen LogP contribution in [0.4, 0.5) is 0 Å². The first kappa shape index (κ1) is 25.1. The number of piperidine rings is 1. The van der Waals surface area contributed by atoms with Gasteiger partial charge in [0.1, 0.15) is 0 Å². The van der Waals surface area contributed by atoms with Crippen LogP contribution in [0.3, 0.4) is 0 Å². The van der Waals surface area contributed by atoms with Gasteiger partial charge in [-0.2, -0.15) is 4.31 Å². The van der Waals surface area contributed by atoms with Crippen LogP contribution in [0.2, 0.25) is 0 Å². The van der Waals surface area contributed by atoms with Crippen molar-refractivity contribution in [3.63, 3.8) is 0 Å². The fourth-order valence-corrected chi connectivity index (χ4v) is 5.88. The Bertz CT molecular complexity index is 1190. The minimum atomic E-state index is -3.59. The highest BCUT2D eigenvalue weighted by atomic mass is 32.2. The molecule has 1 fully saturated rings. The number of aromatic nitrogens is 1. The van der Waals surface area contributed by atoms with Gasteiger partial charge in [-0.05, 0) is 53.6 Å². The van der Waals surface area contributed by atoms with Gasteiger partial charge in [0.05, 0.1) is 16.6 Å². The molecule has 7 heteroatoms. The van der Waals surface area contributed by atoms with Crippen molar-refractivity contribution in [2.24, 2.45) is 5.92 Å². The van der Waals surface area contributed by atoms with Crippen LogP contribution in [-0.4, -0.2) is 36.7 Å². The SMILES string of the molecule is CC(C)(C)c1ccc(S(=O)(=O)N2CCC(C(=O)NC(c3ccccc3)c3ccccn3)CC2)cc1. The van der Waals surface area contributed by atoms with Gasteiger partial charge >= 0.3 is 0 Å². The lowest BCUT2D eigenvalue weighted by Crippen LogP contribution is -2.43. The summed E-state index contributed by atoms with van der Waals surface area (Å²) in [4.78, 5) is 18.0. The number of carbonyl (C=O) groups is 1. The Morgan fingerprint density at radius 3 is 2.14 bits per heavy atom. The molecule has 1 atom stereocenters. The topological polar surface area (TPSA) is 79.4 Å². The van der Waals surface area contributed by atoms with Crippen LogP contribution in [0.25, 0.3) is 0 Å². The number of sulfonamides is 1. The summed E-state index contributed by atoms with van der Waals surface area (Å²) < 4.78 is 27.9. The molecule has 0 saturated carbocycles. The van der Waals surface area contributed by atoms with Crippen molar-refractivity contribution in [2.75, 3.05) is 13.1 Å². The molecule has 184 valence electrons. The number of hydrogen-bond acceptors (Lipinski definition) is 4. The van der Waals surface area contributed by atoms with Crippen LogP contribution in [-0.2, 0) is 20.2 Å². The van der Waals surface area contributed by atoms with Crippen LogP contribution < -0.4 is 5.32 Å². The van der Waals surface area contributed by atoms with E-state index in [1.54, 1.807) is 18.3 Å². The second-order valence-electron chi connectivity index (χ2n) is 10.1. The number of pyridine rings is 1. The highest BCUT2D eigenvalue weighted by molar-refractivity contribution is 7.89. The van der Waals surface area contributed by atoms with Gasteiger partial charge in [0.25, 0.3) is 0 Å². The van der Waals surface area contributed by atoms with Gasteiger partial charge in [0.15, 0.2) is 0 Å². The summed E-state index contributed by atoms with van der Waals surface area (Å²) in [6.45, 7) is 6.94. The van der Waals surface area contributed by atoms with Crippen LogP contribution in [0, 0.1) is 5.92 Å². The van der Waals surface area contributed by atoms with E-state index in [0.29, 0.717) is 30.8 Å². The minimum absolute atomic E-state index is 0.0408. The molecule has 0 aliphatic carbocycles. The van der Waals surface area contributed by atoms with E-state index in [2.05, 4.69) is 31.1 Å². The molecule has 3 aromatic rings. The Morgan fingerprint density at radius 1 is 0.943 bits per heavy atom. The van der Waals surface area contributed by atoms with Crippen LogP contribution >= 0.6 is 0 Å². The molecular formula is C28H33N3O3S. The Kier molecular flexibility index (Phi) is 7.38. The van der Waals surface area contributed by atoms with Crippen molar-refractivity contribution in [2.45, 2.75) is 50.0 Å². The lowest BCUT2D eigenvalue weighted by molar-refractivity contribution is -0.126.